The first-order valence-electron chi connectivity index (χ1n) is 3.94. The fourth-order valence-electron chi connectivity index (χ4n) is 1.23. The smallest absolute Gasteiger partial charge is 0.430 e. The van der Waals surface area contributed by atoms with E-state index in [-0.39, 0.29) is 15.1 Å². The van der Waals surface area contributed by atoms with Crippen molar-refractivity contribution in [1.82, 2.24) is 9.97 Å². The van der Waals surface area contributed by atoms with Crippen molar-refractivity contribution in [2.45, 2.75) is 12.3 Å². The zero-order chi connectivity index (χ0) is 11.9. The Morgan fingerprint density at radius 2 is 2.12 bits per heavy atom. The summed E-state index contributed by atoms with van der Waals surface area (Å²) in [6.07, 6.45) is -7.11. The molecule has 1 aromatic heterocycles. The van der Waals surface area contributed by atoms with Gasteiger partial charge >= 0.3 is 12.3 Å². The highest BCUT2D eigenvalue weighted by Crippen LogP contribution is 2.42. The van der Waals surface area contributed by atoms with Crippen LogP contribution in [0.5, 0.6) is 0 Å². The van der Waals surface area contributed by atoms with Gasteiger partial charge in [0.15, 0.2) is 0 Å². The minimum absolute atomic E-state index is 0.0879. The van der Waals surface area contributed by atoms with E-state index < -0.39 is 18.4 Å². The normalized spacial score (nSPS) is 19.8. The highest BCUT2D eigenvalue weighted by atomic mass is 127. The largest absolute Gasteiger partial charge is 0.431 e. The molecule has 5 nitrogen and oxygen atoms in total. The number of ether oxygens (including phenoxy) is 1. The first-order valence-corrected chi connectivity index (χ1v) is 5.02. The fourth-order valence-corrected chi connectivity index (χ4v) is 1.89. The minimum atomic E-state index is -4.68. The highest BCUT2D eigenvalue weighted by Gasteiger charge is 2.49. The van der Waals surface area contributed by atoms with Crippen LogP contribution in [0.3, 0.4) is 0 Å². The molecule has 1 amide bonds. The zero-order valence-corrected chi connectivity index (χ0v) is 9.53. The molecule has 1 atom stereocenters. The number of fused-ring (bicyclic) bond motifs is 1. The summed E-state index contributed by atoms with van der Waals surface area (Å²) >= 11 is 1.62. The van der Waals surface area contributed by atoms with Crippen LogP contribution in [-0.2, 0) is 4.74 Å². The Morgan fingerprint density at radius 1 is 1.44 bits per heavy atom. The average Bonchev–Trinajstić information content (AvgIpc) is 2.15. The minimum Gasteiger partial charge on any atom is -0.431 e. The molecular formula is C7H3F3IN3O2. The molecule has 16 heavy (non-hydrogen) atoms. The fraction of sp³-hybridized carbons (Fsp3) is 0.286. The van der Waals surface area contributed by atoms with Crippen LogP contribution < -0.4 is 5.32 Å². The number of alkyl halides is 3. The van der Waals surface area contributed by atoms with E-state index >= 15 is 0 Å². The van der Waals surface area contributed by atoms with E-state index in [2.05, 4.69) is 20.0 Å². The number of anilines is 1. The molecule has 2 heterocycles. The molecule has 0 radical (unpaired) electrons. The SMILES string of the molecule is O=C1Nc2ncnc(I)c2[C@H](C(F)(F)F)O1. The van der Waals surface area contributed by atoms with Crippen LogP contribution in [0.15, 0.2) is 6.33 Å². The van der Waals surface area contributed by atoms with Crippen LogP contribution in [0.2, 0.25) is 0 Å². The lowest BCUT2D eigenvalue weighted by molar-refractivity contribution is -0.206. The van der Waals surface area contributed by atoms with Gasteiger partial charge in [-0.05, 0) is 22.6 Å². The second kappa shape index (κ2) is 3.71. The molecular weight excluding hydrogens is 342 g/mol. The molecule has 0 saturated heterocycles. The number of halogens is 4. The Morgan fingerprint density at radius 3 is 2.75 bits per heavy atom. The zero-order valence-electron chi connectivity index (χ0n) is 7.38. The highest BCUT2D eigenvalue weighted by molar-refractivity contribution is 14.1. The predicted molar refractivity (Wildman–Crippen MR) is 53.6 cm³/mol. The third-order valence-electron chi connectivity index (χ3n) is 1.84. The van der Waals surface area contributed by atoms with E-state index in [1.54, 1.807) is 22.6 Å². The van der Waals surface area contributed by atoms with Crippen molar-refractivity contribution in [2.75, 3.05) is 5.32 Å². The van der Waals surface area contributed by atoms with Crippen molar-refractivity contribution in [2.24, 2.45) is 0 Å². The van der Waals surface area contributed by atoms with E-state index in [4.69, 9.17) is 0 Å². The molecule has 1 aliphatic heterocycles. The number of hydrogen-bond donors (Lipinski definition) is 1. The third kappa shape index (κ3) is 1.90. The molecule has 0 aliphatic carbocycles. The van der Waals surface area contributed by atoms with Crippen LogP contribution in [-0.4, -0.2) is 22.2 Å². The van der Waals surface area contributed by atoms with Crippen molar-refractivity contribution in [1.29, 1.82) is 0 Å². The molecule has 2 rings (SSSR count). The van der Waals surface area contributed by atoms with Crippen molar-refractivity contribution in [3.63, 3.8) is 0 Å². The average molecular weight is 345 g/mol. The standard InChI is InChI=1S/C7H3F3IN3O2/c8-7(9,10)3-2-4(11)12-1-13-5(2)14-6(15)16-3/h1,3H,(H,12,13,14,15)/t3-/m1/s1. The monoisotopic (exact) mass is 345 g/mol. The molecule has 0 aromatic carbocycles. The summed E-state index contributed by atoms with van der Waals surface area (Å²) < 4.78 is 42.1. The van der Waals surface area contributed by atoms with Gasteiger partial charge in [-0.15, -0.1) is 0 Å². The lowest BCUT2D eigenvalue weighted by Crippen LogP contribution is -2.34. The summed E-state index contributed by atoms with van der Waals surface area (Å²) in [5.74, 6) is -0.169. The van der Waals surface area contributed by atoms with Crippen LogP contribution in [0.25, 0.3) is 0 Å². The van der Waals surface area contributed by atoms with Crippen molar-refractivity contribution < 1.29 is 22.7 Å². The van der Waals surface area contributed by atoms with E-state index in [9.17, 15) is 18.0 Å². The molecule has 1 aromatic rings. The lowest BCUT2D eigenvalue weighted by atomic mass is 10.1. The maximum absolute atomic E-state index is 12.6. The van der Waals surface area contributed by atoms with Crippen LogP contribution in [0.1, 0.15) is 11.7 Å². The molecule has 9 heteroatoms. The maximum atomic E-state index is 12.6. The van der Waals surface area contributed by atoms with Crippen LogP contribution >= 0.6 is 22.6 Å². The lowest BCUT2D eigenvalue weighted by Gasteiger charge is -2.27. The van der Waals surface area contributed by atoms with E-state index in [0.717, 1.165) is 6.33 Å². The quantitative estimate of drug-likeness (QED) is 0.579. The second-order valence-electron chi connectivity index (χ2n) is 2.88. The molecule has 1 N–H and O–H groups in total. The van der Waals surface area contributed by atoms with Crippen molar-refractivity contribution in [3.8, 4) is 0 Å². The van der Waals surface area contributed by atoms with Crippen LogP contribution in [0, 0.1) is 3.70 Å². The summed E-state index contributed by atoms with van der Waals surface area (Å²) in [5.41, 5.74) is -0.268. The number of aromatic nitrogens is 2. The molecule has 0 unspecified atom stereocenters. The van der Waals surface area contributed by atoms with Crippen molar-refractivity contribution >= 4 is 34.5 Å². The summed E-state index contributed by atoms with van der Waals surface area (Å²) in [6.45, 7) is 0. The number of nitrogens with one attached hydrogen (secondary N) is 1. The van der Waals surface area contributed by atoms with Gasteiger partial charge in [-0.3, -0.25) is 5.32 Å². The Hall–Kier alpha value is -1.13. The third-order valence-corrected chi connectivity index (χ3v) is 2.70. The first kappa shape index (κ1) is 11.4. The number of nitrogens with zero attached hydrogens (tertiary/aromatic N) is 2. The summed E-state index contributed by atoms with van der Waals surface area (Å²) in [5, 5.41) is 2.09. The van der Waals surface area contributed by atoms with E-state index in [0.29, 0.717) is 0 Å². The molecule has 0 saturated carbocycles. The number of amides is 1. The van der Waals surface area contributed by atoms with Crippen LogP contribution in [0.4, 0.5) is 23.8 Å². The molecule has 86 valence electrons. The molecule has 1 aliphatic rings. The van der Waals surface area contributed by atoms with Gasteiger partial charge in [-0.2, -0.15) is 13.2 Å². The van der Waals surface area contributed by atoms with E-state index in [1.807, 2.05) is 0 Å². The second-order valence-corrected chi connectivity index (χ2v) is 3.90. The number of carbonyl (C=O) groups excluding carboxylic acids is 1. The number of rotatable bonds is 0. The predicted octanol–water partition coefficient (Wildman–Crippen LogP) is 2.25. The number of carbonyl (C=O) groups is 1. The first-order chi connectivity index (χ1) is 7.39. The number of cyclic esters (lactones) is 1. The molecule has 0 spiro atoms. The Kier molecular flexibility index (Phi) is 2.64. The van der Waals surface area contributed by atoms with Gasteiger partial charge < -0.3 is 4.74 Å². The van der Waals surface area contributed by atoms with Gasteiger partial charge in [-0.1, -0.05) is 0 Å². The van der Waals surface area contributed by atoms with Gasteiger partial charge in [-0.25, -0.2) is 14.8 Å². The summed E-state index contributed by atoms with van der Waals surface area (Å²) in [6, 6.07) is 0. The Balaban J connectivity index is 2.56. The van der Waals surface area contributed by atoms with Gasteiger partial charge in [0.1, 0.15) is 15.8 Å². The molecule has 0 bridgehead atoms. The topological polar surface area (TPSA) is 64.1 Å². The molecule has 0 fully saturated rings. The van der Waals surface area contributed by atoms with Gasteiger partial charge in [0.05, 0.1) is 5.56 Å². The Bertz CT molecular complexity index is 451. The van der Waals surface area contributed by atoms with Crippen molar-refractivity contribution in [3.05, 3.63) is 15.6 Å². The summed E-state index contributed by atoms with van der Waals surface area (Å²) in [4.78, 5) is 18.1. The van der Waals surface area contributed by atoms with Gasteiger partial charge in [0.25, 0.3) is 0 Å². The summed E-state index contributed by atoms with van der Waals surface area (Å²) in [7, 11) is 0. The van der Waals surface area contributed by atoms with E-state index in [1.165, 1.54) is 0 Å². The van der Waals surface area contributed by atoms with Gasteiger partial charge in [0, 0.05) is 0 Å². The Labute approximate surface area is 101 Å². The number of hydrogen-bond acceptors (Lipinski definition) is 4. The van der Waals surface area contributed by atoms with Gasteiger partial charge in [0.2, 0.25) is 6.10 Å². The maximum Gasteiger partial charge on any atom is 0.430 e.